The highest BCUT2D eigenvalue weighted by molar-refractivity contribution is 5.84. The predicted molar refractivity (Wildman–Crippen MR) is 43.6 cm³/mol. The van der Waals surface area contributed by atoms with Gasteiger partial charge in [-0.05, 0) is 13.0 Å². The summed E-state index contributed by atoms with van der Waals surface area (Å²) < 4.78 is 9.70. The summed E-state index contributed by atoms with van der Waals surface area (Å²) >= 11 is 0. The van der Waals surface area contributed by atoms with Crippen LogP contribution in [0.5, 0.6) is 0 Å². The van der Waals surface area contributed by atoms with E-state index in [-0.39, 0.29) is 0 Å². The van der Waals surface area contributed by atoms with E-state index in [1.807, 2.05) is 0 Å². The Morgan fingerprint density at radius 2 is 1.57 bits per heavy atom. The highest BCUT2D eigenvalue weighted by Gasteiger charge is 2.44. The van der Waals surface area contributed by atoms with Crippen LogP contribution >= 0.6 is 0 Å². The Morgan fingerprint density at radius 1 is 1.14 bits per heavy atom. The molecular formula is C8H10O6. The number of allylic oxidation sites excluding steroid dienone is 1. The smallest absolute Gasteiger partial charge is 0.336 e. The van der Waals surface area contributed by atoms with Crippen molar-refractivity contribution in [1.29, 1.82) is 0 Å². The number of hydrogen-bond donors (Lipinski definition) is 2. The molecule has 0 bridgehead atoms. The van der Waals surface area contributed by atoms with Crippen molar-refractivity contribution in [3.8, 4) is 0 Å². The summed E-state index contributed by atoms with van der Waals surface area (Å²) in [6.07, 6.45) is -0.767. The molecule has 0 unspecified atom stereocenters. The summed E-state index contributed by atoms with van der Waals surface area (Å²) in [4.78, 5) is 21.1. The van der Waals surface area contributed by atoms with Gasteiger partial charge in [0.15, 0.2) is 18.5 Å². The molecule has 6 nitrogen and oxygen atoms in total. The quantitative estimate of drug-likeness (QED) is 0.618. The van der Waals surface area contributed by atoms with Gasteiger partial charge in [0, 0.05) is 0 Å². The number of hydrogen-bond acceptors (Lipinski definition) is 4. The summed E-state index contributed by atoms with van der Waals surface area (Å²) in [5.41, 5.74) is 0. The fourth-order valence-electron chi connectivity index (χ4n) is 1.09. The lowest BCUT2D eigenvalue weighted by Gasteiger charge is -2.06. The molecule has 2 atom stereocenters. The molecule has 1 fully saturated rings. The minimum absolute atomic E-state index is 0.901. The van der Waals surface area contributed by atoms with E-state index in [0.29, 0.717) is 0 Å². The van der Waals surface area contributed by atoms with Crippen molar-refractivity contribution in [1.82, 2.24) is 0 Å². The average molecular weight is 202 g/mol. The van der Waals surface area contributed by atoms with Crippen molar-refractivity contribution in [3.05, 3.63) is 12.2 Å². The fourth-order valence-corrected chi connectivity index (χ4v) is 1.09. The third-order valence-electron chi connectivity index (χ3n) is 1.67. The lowest BCUT2D eigenvalue weighted by Crippen LogP contribution is -2.36. The normalized spacial score (nSPS) is 28.4. The Morgan fingerprint density at radius 3 is 1.86 bits per heavy atom. The van der Waals surface area contributed by atoms with Crippen LogP contribution in [0.3, 0.4) is 0 Å². The summed E-state index contributed by atoms with van der Waals surface area (Å²) in [7, 11) is 0. The molecule has 0 radical (unpaired) electrons. The van der Waals surface area contributed by atoms with Crippen LogP contribution in [-0.2, 0) is 19.1 Å². The van der Waals surface area contributed by atoms with E-state index in [1.54, 1.807) is 13.0 Å². The summed E-state index contributed by atoms with van der Waals surface area (Å²) in [6, 6.07) is 0. The van der Waals surface area contributed by atoms with Crippen LogP contribution in [-0.4, -0.2) is 40.6 Å². The summed E-state index contributed by atoms with van der Waals surface area (Å²) in [5.74, 6) is -2.69. The van der Waals surface area contributed by atoms with Crippen molar-refractivity contribution in [2.45, 2.75) is 25.4 Å². The highest BCUT2D eigenvalue weighted by atomic mass is 16.7. The molecule has 78 valence electrons. The molecule has 0 aromatic rings. The Hall–Kier alpha value is -1.40. The Kier molecular flexibility index (Phi) is 3.21. The topological polar surface area (TPSA) is 93.1 Å². The summed E-state index contributed by atoms with van der Waals surface area (Å²) in [6.45, 7) is 1.69. The van der Waals surface area contributed by atoms with Crippen molar-refractivity contribution >= 4 is 11.9 Å². The van der Waals surface area contributed by atoms with Crippen molar-refractivity contribution in [3.63, 3.8) is 0 Å². The molecule has 1 saturated heterocycles. The molecule has 0 aromatic carbocycles. The first kappa shape index (κ1) is 10.7. The Balaban J connectivity index is 2.74. The molecule has 14 heavy (non-hydrogen) atoms. The molecule has 1 rings (SSSR count). The third-order valence-corrected chi connectivity index (χ3v) is 1.67. The molecular weight excluding hydrogens is 192 g/mol. The maximum Gasteiger partial charge on any atom is 0.336 e. The van der Waals surface area contributed by atoms with Crippen LogP contribution < -0.4 is 0 Å². The van der Waals surface area contributed by atoms with Gasteiger partial charge in [-0.2, -0.15) is 0 Å². The van der Waals surface area contributed by atoms with E-state index in [4.69, 9.17) is 19.7 Å². The minimum atomic E-state index is -1.45. The molecule has 0 saturated carbocycles. The van der Waals surface area contributed by atoms with Crippen LogP contribution in [0.2, 0.25) is 0 Å². The number of ether oxygens (including phenoxy) is 2. The van der Waals surface area contributed by atoms with Gasteiger partial charge in [-0.3, -0.25) is 0 Å². The van der Waals surface area contributed by atoms with Crippen LogP contribution in [0.4, 0.5) is 0 Å². The zero-order valence-corrected chi connectivity index (χ0v) is 7.41. The first-order valence-corrected chi connectivity index (χ1v) is 3.95. The van der Waals surface area contributed by atoms with Gasteiger partial charge in [0.2, 0.25) is 0 Å². The van der Waals surface area contributed by atoms with E-state index in [0.717, 1.165) is 0 Å². The molecule has 1 heterocycles. The number of rotatable bonds is 3. The van der Waals surface area contributed by atoms with E-state index in [1.165, 1.54) is 6.08 Å². The van der Waals surface area contributed by atoms with Crippen LogP contribution in [0, 0.1) is 0 Å². The second-order valence-electron chi connectivity index (χ2n) is 2.68. The van der Waals surface area contributed by atoms with Gasteiger partial charge in [-0.1, -0.05) is 6.08 Å². The van der Waals surface area contributed by atoms with Gasteiger partial charge in [0.25, 0.3) is 0 Å². The predicted octanol–water partition coefficient (Wildman–Crippen LogP) is -0.158. The molecule has 0 aliphatic carbocycles. The van der Waals surface area contributed by atoms with Gasteiger partial charge in [0.05, 0.1) is 0 Å². The lowest BCUT2D eigenvalue weighted by molar-refractivity contribution is -0.156. The van der Waals surface area contributed by atoms with Gasteiger partial charge in [-0.25, -0.2) is 9.59 Å². The molecule has 1 aliphatic rings. The number of carboxylic acid groups (broad SMARTS) is 2. The second kappa shape index (κ2) is 4.21. The van der Waals surface area contributed by atoms with Crippen molar-refractivity contribution < 1.29 is 29.3 Å². The zero-order valence-electron chi connectivity index (χ0n) is 7.41. The van der Waals surface area contributed by atoms with E-state index in [2.05, 4.69) is 0 Å². The minimum Gasteiger partial charge on any atom is -0.479 e. The molecule has 6 heteroatoms. The van der Waals surface area contributed by atoms with E-state index >= 15 is 0 Å². The first-order chi connectivity index (χ1) is 6.56. The average Bonchev–Trinajstić information content (AvgIpc) is 2.49. The van der Waals surface area contributed by atoms with Crippen molar-refractivity contribution in [2.75, 3.05) is 0 Å². The van der Waals surface area contributed by atoms with Crippen LogP contribution in [0.25, 0.3) is 0 Å². The second-order valence-corrected chi connectivity index (χ2v) is 2.68. The third kappa shape index (κ3) is 2.09. The molecule has 0 spiro atoms. The number of carbonyl (C=O) groups is 2. The fraction of sp³-hybridized carbons (Fsp3) is 0.500. The van der Waals surface area contributed by atoms with Gasteiger partial charge in [-0.15, -0.1) is 0 Å². The zero-order chi connectivity index (χ0) is 10.7. The molecule has 0 aromatic heterocycles. The summed E-state index contributed by atoms with van der Waals surface area (Å²) in [5, 5.41) is 17.3. The molecule has 0 amide bonds. The van der Waals surface area contributed by atoms with Gasteiger partial charge in [0.1, 0.15) is 0 Å². The van der Waals surface area contributed by atoms with Crippen LogP contribution in [0.1, 0.15) is 6.92 Å². The molecule has 1 aliphatic heterocycles. The largest absolute Gasteiger partial charge is 0.479 e. The van der Waals surface area contributed by atoms with Gasteiger partial charge < -0.3 is 19.7 Å². The first-order valence-electron chi connectivity index (χ1n) is 3.95. The van der Waals surface area contributed by atoms with Crippen molar-refractivity contribution in [2.24, 2.45) is 0 Å². The number of carboxylic acids is 2. The van der Waals surface area contributed by atoms with E-state index in [9.17, 15) is 9.59 Å². The SMILES string of the molecule is CC=CC1O[C@H](C(=O)O)[C@@H](C(=O)O)O1. The maximum atomic E-state index is 10.6. The monoisotopic (exact) mass is 202 g/mol. The van der Waals surface area contributed by atoms with E-state index < -0.39 is 30.4 Å². The van der Waals surface area contributed by atoms with Crippen LogP contribution in [0.15, 0.2) is 12.2 Å². The highest BCUT2D eigenvalue weighted by Crippen LogP contribution is 2.20. The number of aliphatic carboxylic acids is 2. The Labute approximate surface area is 79.7 Å². The molecule has 2 N–H and O–H groups in total. The Bertz CT molecular complexity index is 249. The lowest BCUT2D eigenvalue weighted by atomic mass is 10.2. The maximum absolute atomic E-state index is 10.6. The standard InChI is InChI=1S/C8H10O6/c1-2-3-4-13-5(7(9)10)6(14-4)8(11)12/h2-6H,1H3,(H,9,10)(H,11,12)/t5-,6-/m0/s1. The van der Waals surface area contributed by atoms with Gasteiger partial charge >= 0.3 is 11.9 Å².